The number of amides is 1. The third kappa shape index (κ3) is 3.23. The molecule has 1 saturated heterocycles. The van der Waals surface area contributed by atoms with E-state index in [1.807, 2.05) is 27.8 Å². The van der Waals surface area contributed by atoms with Crippen LogP contribution in [-0.2, 0) is 4.79 Å². The minimum absolute atomic E-state index is 0.0524. The number of hydrogen-bond donors (Lipinski definition) is 2. The van der Waals surface area contributed by atoms with Crippen molar-refractivity contribution in [1.82, 2.24) is 24.8 Å². The molecule has 2 aliphatic rings. The fourth-order valence-electron chi connectivity index (χ4n) is 3.67. The zero-order chi connectivity index (χ0) is 19.1. The van der Waals surface area contributed by atoms with Crippen molar-refractivity contribution in [3.05, 3.63) is 40.4 Å². The van der Waals surface area contributed by atoms with Crippen molar-refractivity contribution in [3.8, 4) is 0 Å². The van der Waals surface area contributed by atoms with Crippen LogP contribution in [0.3, 0.4) is 0 Å². The molecule has 1 atom stereocenters. The molecule has 144 valence electrons. The number of aromatic nitrogens is 2. The van der Waals surface area contributed by atoms with Crippen molar-refractivity contribution in [2.75, 3.05) is 31.1 Å². The SMILES string of the molecule is C[C@@H](c1cc(Cl)c2c(Cl)ncn2c1N1CCNC(=O)CC1)N1C=CCN1N. The minimum atomic E-state index is -0.0706. The molecule has 2 aliphatic heterocycles. The van der Waals surface area contributed by atoms with Gasteiger partial charge in [-0.2, -0.15) is 5.12 Å². The number of nitrogens with zero attached hydrogens (tertiary/aromatic N) is 5. The highest BCUT2D eigenvalue weighted by Crippen LogP contribution is 2.38. The van der Waals surface area contributed by atoms with E-state index in [9.17, 15) is 4.79 Å². The molecule has 0 aliphatic carbocycles. The number of nitrogens with one attached hydrogen (secondary N) is 1. The summed E-state index contributed by atoms with van der Waals surface area (Å²) in [6.07, 6.45) is 6.06. The minimum Gasteiger partial charge on any atom is -0.355 e. The maximum atomic E-state index is 11.8. The number of carbonyl (C=O) groups is 1. The monoisotopic (exact) mass is 409 g/mol. The summed E-state index contributed by atoms with van der Waals surface area (Å²) in [4.78, 5) is 18.2. The van der Waals surface area contributed by atoms with Crippen molar-refractivity contribution >= 4 is 40.4 Å². The largest absolute Gasteiger partial charge is 0.355 e. The maximum Gasteiger partial charge on any atom is 0.221 e. The van der Waals surface area contributed by atoms with Gasteiger partial charge in [0.1, 0.15) is 17.7 Å². The number of hydrogen-bond acceptors (Lipinski definition) is 6. The normalized spacial score (nSPS) is 19.6. The molecular weight excluding hydrogens is 389 g/mol. The molecule has 1 amide bonds. The molecule has 0 radical (unpaired) electrons. The fourth-order valence-corrected chi connectivity index (χ4v) is 4.25. The van der Waals surface area contributed by atoms with Gasteiger partial charge >= 0.3 is 0 Å². The van der Waals surface area contributed by atoms with Crippen LogP contribution in [0.2, 0.25) is 10.2 Å². The average molecular weight is 410 g/mol. The third-order valence-electron chi connectivity index (χ3n) is 5.02. The number of hydrazine groups is 2. The van der Waals surface area contributed by atoms with E-state index in [0.717, 1.165) is 11.4 Å². The predicted molar refractivity (Wildman–Crippen MR) is 105 cm³/mol. The smallest absolute Gasteiger partial charge is 0.221 e. The van der Waals surface area contributed by atoms with Gasteiger partial charge in [0, 0.05) is 37.8 Å². The number of fused-ring (bicyclic) bond motifs is 1. The van der Waals surface area contributed by atoms with E-state index in [1.165, 1.54) is 0 Å². The zero-order valence-electron chi connectivity index (χ0n) is 14.9. The summed E-state index contributed by atoms with van der Waals surface area (Å²) in [6.45, 7) is 4.57. The summed E-state index contributed by atoms with van der Waals surface area (Å²) in [5.41, 5.74) is 1.65. The zero-order valence-corrected chi connectivity index (χ0v) is 16.4. The Bertz CT molecular complexity index is 912. The predicted octanol–water partition coefficient (Wildman–Crippen LogP) is 1.95. The van der Waals surface area contributed by atoms with Crippen LogP contribution in [0.5, 0.6) is 0 Å². The second-order valence-electron chi connectivity index (χ2n) is 6.68. The van der Waals surface area contributed by atoms with Crippen LogP contribution in [0.1, 0.15) is 24.9 Å². The average Bonchev–Trinajstić information content (AvgIpc) is 3.17. The highest BCUT2D eigenvalue weighted by molar-refractivity contribution is 6.39. The number of nitrogens with two attached hydrogens (primary N) is 1. The topological polar surface area (TPSA) is 82.1 Å². The quantitative estimate of drug-likeness (QED) is 0.753. The second kappa shape index (κ2) is 7.20. The van der Waals surface area contributed by atoms with Crippen molar-refractivity contribution in [2.24, 2.45) is 5.84 Å². The molecule has 3 N–H and O–H groups in total. The first-order valence-electron chi connectivity index (χ1n) is 8.81. The standard InChI is InChI=1S/C17H21Cl2N7O/c1-11(25-5-2-6-26(25)20)12-9-13(18)15-16(19)22-10-24(15)17(12)23-7-3-14(27)21-4-8-23/h2,5,9-11H,3-4,6-8,20H2,1H3,(H,21,27)/t11-/m0/s1. The summed E-state index contributed by atoms with van der Waals surface area (Å²) in [7, 11) is 0. The Balaban J connectivity index is 1.86. The Morgan fingerprint density at radius 2 is 2.15 bits per heavy atom. The van der Waals surface area contributed by atoms with Crippen LogP contribution >= 0.6 is 23.2 Å². The lowest BCUT2D eigenvalue weighted by atomic mass is 10.1. The van der Waals surface area contributed by atoms with Crippen LogP contribution in [0.4, 0.5) is 5.82 Å². The van der Waals surface area contributed by atoms with E-state index >= 15 is 0 Å². The number of imidazole rings is 1. The molecule has 2 aromatic heterocycles. The third-order valence-corrected chi connectivity index (χ3v) is 5.59. The van der Waals surface area contributed by atoms with Crippen LogP contribution < -0.4 is 16.1 Å². The van der Waals surface area contributed by atoms with E-state index in [1.54, 1.807) is 11.4 Å². The molecule has 0 spiro atoms. The molecule has 27 heavy (non-hydrogen) atoms. The van der Waals surface area contributed by atoms with E-state index in [2.05, 4.69) is 22.1 Å². The number of rotatable bonds is 3. The molecular formula is C17H21Cl2N7O. The Labute approximate surface area is 167 Å². The van der Waals surface area contributed by atoms with Crippen LogP contribution in [-0.4, -0.2) is 51.6 Å². The second-order valence-corrected chi connectivity index (χ2v) is 7.44. The summed E-state index contributed by atoms with van der Waals surface area (Å²) >= 11 is 12.8. The molecule has 0 aromatic carbocycles. The Morgan fingerprint density at radius 1 is 1.33 bits per heavy atom. The molecule has 8 nitrogen and oxygen atoms in total. The number of halogens is 2. The van der Waals surface area contributed by atoms with Crippen molar-refractivity contribution < 1.29 is 4.79 Å². The van der Waals surface area contributed by atoms with Gasteiger partial charge in [-0.3, -0.25) is 20.0 Å². The van der Waals surface area contributed by atoms with Gasteiger partial charge in [0.15, 0.2) is 5.15 Å². The summed E-state index contributed by atoms with van der Waals surface area (Å²) < 4.78 is 1.91. The van der Waals surface area contributed by atoms with Crippen LogP contribution in [0, 0.1) is 0 Å². The highest BCUT2D eigenvalue weighted by Gasteiger charge is 2.28. The van der Waals surface area contributed by atoms with E-state index in [4.69, 9.17) is 29.0 Å². The molecule has 2 aromatic rings. The van der Waals surface area contributed by atoms with Crippen LogP contribution in [0.15, 0.2) is 24.7 Å². The molecule has 10 heteroatoms. The van der Waals surface area contributed by atoms with Gasteiger partial charge in [0.2, 0.25) is 5.91 Å². The molecule has 4 rings (SSSR count). The highest BCUT2D eigenvalue weighted by atomic mass is 35.5. The van der Waals surface area contributed by atoms with Crippen molar-refractivity contribution in [2.45, 2.75) is 19.4 Å². The molecule has 0 saturated carbocycles. The number of pyridine rings is 1. The van der Waals surface area contributed by atoms with Gasteiger partial charge < -0.3 is 10.2 Å². The molecule has 4 heterocycles. The van der Waals surface area contributed by atoms with Crippen LogP contribution in [0.25, 0.3) is 5.52 Å². The first-order valence-corrected chi connectivity index (χ1v) is 9.56. The first-order chi connectivity index (χ1) is 13.0. The Hall–Kier alpha value is -2.00. The maximum absolute atomic E-state index is 11.8. The van der Waals surface area contributed by atoms with E-state index in [-0.39, 0.29) is 11.9 Å². The van der Waals surface area contributed by atoms with Gasteiger partial charge in [-0.25, -0.2) is 4.98 Å². The lowest BCUT2D eigenvalue weighted by Gasteiger charge is -2.34. The summed E-state index contributed by atoms with van der Waals surface area (Å²) in [6, 6.07) is 1.85. The molecule has 0 bridgehead atoms. The van der Waals surface area contributed by atoms with E-state index in [0.29, 0.717) is 48.3 Å². The Morgan fingerprint density at radius 3 is 2.89 bits per heavy atom. The van der Waals surface area contributed by atoms with Gasteiger partial charge in [-0.15, -0.1) is 0 Å². The van der Waals surface area contributed by atoms with Gasteiger partial charge in [0.05, 0.1) is 17.6 Å². The number of anilines is 1. The Kier molecular flexibility index (Phi) is 4.90. The first kappa shape index (κ1) is 18.4. The molecule has 0 unspecified atom stereocenters. The van der Waals surface area contributed by atoms with Gasteiger partial charge in [0.25, 0.3) is 0 Å². The number of carbonyl (C=O) groups excluding carboxylic acids is 1. The van der Waals surface area contributed by atoms with Gasteiger partial charge in [-0.1, -0.05) is 23.2 Å². The lowest BCUT2D eigenvalue weighted by Crippen LogP contribution is -2.42. The van der Waals surface area contributed by atoms with Gasteiger partial charge in [-0.05, 0) is 19.1 Å². The van der Waals surface area contributed by atoms with E-state index < -0.39 is 0 Å². The lowest BCUT2D eigenvalue weighted by molar-refractivity contribution is -0.120. The fraction of sp³-hybridized carbons (Fsp3) is 0.412. The summed E-state index contributed by atoms with van der Waals surface area (Å²) in [5.74, 6) is 7.07. The molecule has 1 fully saturated rings. The van der Waals surface area contributed by atoms with Crippen molar-refractivity contribution in [3.63, 3.8) is 0 Å². The summed E-state index contributed by atoms with van der Waals surface area (Å²) in [5, 5.41) is 7.40. The van der Waals surface area contributed by atoms with Crippen molar-refractivity contribution in [1.29, 1.82) is 0 Å².